The normalized spacial score (nSPS) is 13.1. The Labute approximate surface area is 197 Å². The molecule has 0 saturated carbocycles. The minimum absolute atomic E-state index is 0.0617. The van der Waals surface area contributed by atoms with Gasteiger partial charge in [-0.05, 0) is 42.5 Å². The van der Waals surface area contributed by atoms with E-state index in [1.807, 2.05) is 0 Å². The molecule has 0 atom stereocenters. The van der Waals surface area contributed by atoms with Crippen LogP contribution in [0.25, 0.3) is 0 Å². The second-order valence-corrected chi connectivity index (χ2v) is 8.87. The zero-order valence-electron chi connectivity index (χ0n) is 16.5. The van der Waals surface area contributed by atoms with E-state index in [2.05, 4.69) is 5.32 Å². The van der Waals surface area contributed by atoms with Gasteiger partial charge in [-0.25, -0.2) is 8.78 Å². The predicted molar refractivity (Wildman–Crippen MR) is 122 cm³/mol. The quantitative estimate of drug-likeness (QED) is 0.486. The maximum atomic E-state index is 14.3. The summed E-state index contributed by atoms with van der Waals surface area (Å²) in [5.74, 6) is -1.52. The Morgan fingerprint density at radius 2 is 1.66 bits per heavy atom. The molecule has 2 amide bonds. The summed E-state index contributed by atoms with van der Waals surface area (Å²) in [4.78, 5) is 27.5. The van der Waals surface area contributed by atoms with Crippen molar-refractivity contribution in [2.24, 2.45) is 0 Å². The second-order valence-electron chi connectivity index (χ2n) is 7.03. The molecule has 4 rings (SSSR count). The number of fused-ring (bicyclic) bond motifs is 1. The van der Waals surface area contributed by atoms with Gasteiger partial charge < -0.3 is 10.2 Å². The van der Waals surface area contributed by atoms with Crippen LogP contribution < -0.4 is 10.2 Å². The lowest BCUT2D eigenvalue weighted by Gasteiger charge is -2.30. The number of amides is 2. The third kappa shape index (κ3) is 4.60. The first-order valence-electron chi connectivity index (χ1n) is 9.56. The van der Waals surface area contributed by atoms with E-state index in [1.165, 1.54) is 40.9 Å². The maximum Gasteiger partial charge on any atom is 0.251 e. The van der Waals surface area contributed by atoms with Crippen molar-refractivity contribution in [1.82, 2.24) is 5.32 Å². The van der Waals surface area contributed by atoms with Gasteiger partial charge in [-0.3, -0.25) is 9.59 Å². The Kier molecular flexibility index (Phi) is 6.69. The van der Waals surface area contributed by atoms with Gasteiger partial charge in [-0.2, -0.15) is 0 Å². The van der Waals surface area contributed by atoms with Gasteiger partial charge in [0.05, 0.1) is 18.0 Å². The molecule has 0 unspecified atom stereocenters. The van der Waals surface area contributed by atoms with Crippen molar-refractivity contribution in [2.45, 2.75) is 18.0 Å². The molecule has 0 aromatic heterocycles. The van der Waals surface area contributed by atoms with Gasteiger partial charge in [-0.1, -0.05) is 35.3 Å². The van der Waals surface area contributed by atoms with Crippen molar-refractivity contribution in [3.63, 3.8) is 0 Å². The molecule has 0 radical (unpaired) electrons. The lowest BCUT2D eigenvalue weighted by Crippen LogP contribution is -2.35. The number of rotatable bonds is 5. The molecule has 1 heterocycles. The van der Waals surface area contributed by atoms with E-state index in [4.69, 9.17) is 23.2 Å². The number of anilines is 1. The Morgan fingerprint density at radius 1 is 1.00 bits per heavy atom. The largest absolute Gasteiger partial charge is 0.348 e. The van der Waals surface area contributed by atoms with Crippen LogP contribution in [0.2, 0.25) is 10.0 Å². The van der Waals surface area contributed by atoms with Gasteiger partial charge in [0.15, 0.2) is 0 Å². The summed E-state index contributed by atoms with van der Waals surface area (Å²) in [6.45, 7) is -0.155. The summed E-state index contributed by atoms with van der Waals surface area (Å²) >= 11 is 13.5. The van der Waals surface area contributed by atoms with Gasteiger partial charge in [0, 0.05) is 38.2 Å². The molecule has 4 nitrogen and oxygen atoms in total. The van der Waals surface area contributed by atoms with Gasteiger partial charge in [-0.15, -0.1) is 11.8 Å². The first-order valence-corrected chi connectivity index (χ1v) is 11.3. The van der Waals surface area contributed by atoms with Crippen molar-refractivity contribution >= 4 is 52.5 Å². The van der Waals surface area contributed by atoms with Crippen LogP contribution in [0.3, 0.4) is 0 Å². The van der Waals surface area contributed by atoms with Crippen LogP contribution >= 0.6 is 35.0 Å². The molecule has 0 bridgehead atoms. The molecule has 32 heavy (non-hydrogen) atoms. The standard InChI is InChI=1S/C23H16Cl2F2N2O2S/c24-16-3-1-5-18(26)14(16)10-28-23(31)13-7-8-21-20(9-13)29(22(30)12-32-21)11-15-17(25)4-2-6-19(15)27/h1-9H,10-12H2,(H,28,31). The van der Waals surface area contributed by atoms with Crippen molar-refractivity contribution in [3.05, 3.63) is 93.0 Å². The number of hydrogen-bond donors (Lipinski definition) is 1. The first kappa shape index (κ1) is 22.6. The molecule has 1 aliphatic rings. The molecule has 0 aliphatic carbocycles. The van der Waals surface area contributed by atoms with Crippen LogP contribution in [0.5, 0.6) is 0 Å². The Bertz CT molecular complexity index is 1180. The third-order valence-corrected chi connectivity index (χ3v) is 6.79. The smallest absolute Gasteiger partial charge is 0.251 e. The molecule has 9 heteroatoms. The van der Waals surface area contributed by atoms with Crippen molar-refractivity contribution in [1.29, 1.82) is 0 Å². The number of benzene rings is 3. The van der Waals surface area contributed by atoms with Gasteiger partial charge >= 0.3 is 0 Å². The number of carbonyl (C=O) groups is 2. The van der Waals surface area contributed by atoms with Crippen LogP contribution in [-0.2, 0) is 17.9 Å². The zero-order chi connectivity index (χ0) is 22.8. The third-order valence-electron chi connectivity index (χ3n) is 5.03. The number of hydrogen-bond acceptors (Lipinski definition) is 3. The topological polar surface area (TPSA) is 49.4 Å². The van der Waals surface area contributed by atoms with E-state index in [-0.39, 0.29) is 51.5 Å². The van der Waals surface area contributed by atoms with Crippen LogP contribution in [0, 0.1) is 11.6 Å². The monoisotopic (exact) mass is 492 g/mol. The SMILES string of the molecule is O=C(NCc1c(F)cccc1Cl)c1ccc2c(c1)N(Cc1c(F)cccc1Cl)C(=O)CS2. The molecule has 3 aromatic carbocycles. The highest BCUT2D eigenvalue weighted by Crippen LogP contribution is 2.37. The van der Waals surface area contributed by atoms with E-state index >= 15 is 0 Å². The molecule has 1 N–H and O–H groups in total. The molecule has 3 aromatic rings. The van der Waals surface area contributed by atoms with Crippen LogP contribution in [0.1, 0.15) is 21.5 Å². The Morgan fingerprint density at radius 3 is 2.31 bits per heavy atom. The molecule has 0 fully saturated rings. The zero-order valence-corrected chi connectivity index (χ0v) is 18.8. The lowest BCUT2D eigenvalue weighted by atomic mass is 10.1. The van der Waals surface area contributed by atoms with E-state index in [0.717, 1.165) is 4.90 Å². The summed E-state index contributed by atoms with van der Waals surface area (Å²) in [6, 6.07) is 13.5. The predicted octanol–water partition coefficient (Wildman–Crippen LogP) is 5.84. The maximum absolute atomic E-state index is 14.3. The number of thioether (sulfide) groups is 1. The minimum Gasteiger partial charge on any atom is -0.348 e. The van der Waals surface area contributed by atoms with E-state index in [9.17, 15) is 18.4 Å². The van der Waals surface area contributed by atoms with Gasteiger partial charge in [0.1, 0.15) is 11.6 Å². The fourth-order valence-electron chi connectivity index (χ4n) is 3.33. The average molecular weight is 493 g/mol. The van der Waals surface area contributed by atoms with Crippen LogP contribution in [0.15, 0.2) is 59.5 Å². The molecular weight excluding hydrogens is 477 g/mol. The van der Waals surface area contributed by atoms with Gasteiger partial charge in [0.25, 0.3) is 5.91 Å². The molecular formula is C23H16Cl2F2N2O2S. The highest BCUT2D eigenvalue weighted by atomic mass is 35.5. The average Bonchev–Trinajstić information content (AvgIpc) is 2.77. The summed E-state index contributed by atoms with van der Waals surface area (Å²) in [6.07, 6.45) is 0. The Hall–Kier alpha value is -2.61. The van der Waals surface area contributed by atoms with Crippen LogP contribution in [-0.4, -0.2) is 17.6 Å². The number of nitrogens with one attached hydrogen (secondary N) is 1. The molecule has 0 spiro atoms. The van der Waals surface area contributed by atoms with Crippen LogP contribution in [0.4, 0.5) is 14.5 Å². The fraction of sp³-hybridized carbons (Fsp3) is 0.130. The summed E-state index contributed by atoms with van der Waals surface area (Å²) in [7, 11) is 0. The van der Waals surface area contributed by atoms with Gasteiger partial charge in [0.2, 0.25) is 5.91 Å². The summed E-state index contributed by atoms with van der Waals surface area (Å²) < 4.78 is 28.3. The Balaban J connectivity index is 1.59. The minimum atomic E-state index is -0.516. The number of halogens is 4. The van der Waals surface area contributed by atoms with Crippen molar-refractivity contribution < 1.29 is 18.4 Å². The van der Waals surface area contributed by atoms with E-state index < -0.39 is 17.5 Å². The number of carbonyl (C=O) groups excluding carboxylic acids is 2. The fourth-order valence-corrected chi connectivity index (χ4v) is 4.70. The van der Waals surface area contributed by atoms with E-state index in [1.54, 1.807) is 30.3 Å². The first-order chi connectivity index (χ1) is 15.3. The van der Waals surface area contributed by atoms with E-state index in [0.29, 0.717) is 5.69 Å². The summed E-state index contributed by atoms with van der Waals surface area (Å²) in [5.41, 5.74) is 1.14. The highest BCUT2D eigenvalue weighted by Gasteiger charge is 2.27. The van der Waals surface area contributed by atoms with Crippen molar-refractivity contribution in [2.75, 3.05) is 10.7 Å². The summed E-state index contributed by atoms with van der Waals surface area (Å²) in [5, 5.41) is 3.07. The molecule has 164 valence electrons. The molecule has 1 aliphatic heterocycles. The second kappa shape index (κ2) is 9.48. The van der Waals surface area contributed by atoms with Crippen molar-refractivity contribution in [3.8, 4) is 0 Å². The number of nitrogens with zero attached hydrogens (tertiary/aromatic N) is 1. The molecule has 0 saturated heterocycles. The lowest BCUT2D eigenvalue weighted by molar-refractivity contribution is -0.116. The highest BCUT2D eigenvalue weighted by molar-refractivity contribution is 8.00.